The van der Waals surface area contributed by atoms with Gasteiger partial charge in [-0.15, -0.1) is 0 Å². The van der Waals surface area contributed by atoms with Crippen molar-refractivity contribution in [2.45, 2.75) is 0 Å². The van der Waals surface area contributed by atoms with Gasteiger partial charge in [-0.05, 0) is 47.2 Å². The molecular formula is C36H22N4. The molecule has 0 amide bonds. The fourth-order valence-corrected chi connectivity index (χ4v) is 6.46. The molecule has 0 spiro atoms. The highest BCUT2D eigenvalue weighted by molar-refractivity contribution is 6.30. The molecule has 4 heteroatoms. The van der Waals surface area contributed by atoms with Gasteiger partial charge in [-0.1, -0.05) is 91.0 Å². The second kappa shape index (κ2) is 8.01. The Hall–Kier alpha value is -5.48. The van der Waals surface area contributed by atoms with Crippen LogP contribution in [0.2, 0.25) is 0 Å². The van der Waals surface area contributed by atoms with E-state index in [-0.39, 0.29) is 0 Å². The molecule has 4 nitrogen and oxygen atoms in total. The fourth-order valence-electron chi connectivity index (χ4n) is 6.46. The normalized spacial score (nSPS) is 12.0. The first kappa shape index (κ1) is 21.5. The third kappa shape index (κ3) is 2.85. The highest BCUT2D eigenvalue weighted by atomic mass is 15.2. The van der Waals surface area contributed by atoms with E-state index in [0.29, 0.717) is 5.95 Å². The van der Waals surface area contributed by atoms with Gasteiger partial charge in [-0.2, -0.15) is 0 Å². The first-order valence-electron chi connectivity index (χ1n) is 13.5. The SMILES string of the molecule is c1ccc(-n2c3ccc4ccccc4c3c3ccc4c(c5ccccc5n4-c4ncc5ccccc5n4)c32)cc1. The number of nitrogens with zero attached hydrogens (tertiary/aromatic N) is 4. The van der Waals surface area contributed by atoms with Crippen molar-refractivity contribution in [3.05, 3.63) is 134 Å². The van der Waals surface area contributed by atoms with Crippen molar-refractivity contribution in [3.63, 3.8) is 0 Å². The molecular weight excluding hydrogens is 488 g/mol. The molecule has 9 rings (SSSR count). The maximum atomic E-state index is 5.01. The van der Waals surface area contributed by atoms with E-state index in [4.69, 9.17) is 9.97 Å². The van der Waals surface area contributed by atoms with Crippen LogP contribution < -0.4 is 0 Å². The molecule has 0 aliphatic heterocycles. The molecule has 0 saturated carbocycles. The van der Waals surface area contributed by atoms with Gasteiger partial charge in [-0.3, -0.25) is 4.57 Å². The van der Waals surface area contributed by atoms with Crippen LogP contribution in [0.1, 0.15) is 0 Å². The van der Waals surface area contributed by atoms with Crippen LogP contribution in [-0.2, 0) is 0 Å². The number of hydrogen-bond acceptors (Lipinski definition) is 2. The molecule has 6 aromatic carbocycles. The summed E-state index contributed by atoms with van der Waals surface area (Å²) in [7, 11) is 0. The van der Waals surface area contributed by atoms with Gasteiger partial charge in [-0.25, -0.2) is 9.97 Å². The molecule has 0 unspecified atom stereocenters. The third-order valence-corrected chi connectivity index (χ3v) is 8.14. The van der Waals surface area contributed by atoms with Crippen LogP contribution in [0.3, 0.4) is 0 Å². The summed E-state index contributed by atoms with van der Waals surface area (Å²) in [6.07, 6.45) is 1.92. The smallest absolute Gasteiger partial charge is 0.235 e. The van der Waals surface area contributed by atoms with Crippen LogP contribution in [0.5, 0.6) is 0 Å². The van der Waals surface area contributed by atoms with E-state index < -0.39 is 0 Å². The lowest BCUT2D eigenvalue weighted by molar-refractivity contribution is 1.01. The van der Waals surface area contributed by atoms with Gasteiger partial charge < -0.3 is 4.57 Å². The average molecular weight is 511 g/mol. The lowest BCUT2D eigenvalue weighted by Crippen LogP contribution is -2.01. The highest BCUT2D eigenvalue weighted by Crippen LogP contribution is 2.43. The summed E-state index contributed by atoms with van der Waals surface area (Å²) in [5.74, 6) is 0.678. The van der Waals surface area contributed by atoms with Crippen LogP contribution in [0.4, 0.5) is 0 Å². The molecule has 9 aromatic rings. The van der Waals surface area contributed by atoms with Crippen molar-refractivity contribution >= 4 is 65.3 Å². The predicted molar refractivity (Wildman–Crippen MR) is 166 cm³/mol. The summed E-state index contributed by atoms with van der Waals surface area (Å²) >= 11 is 0. The first-order chi connectivity index (χ1) is 19.9. The summed E-state index contributed by atoms with van der Waals surface area (Å²) in [5.41, 5.74) is 6.66. The van der Waals surface area contributed by atoms with E-state index in [1.54, 1.807) is 0 Å². The largest absolute Gasteiger partial charge is 0.309 e. The van der Waals surface area contributed by atoms with Crippen LogP contribution in [0.25, 0.3) is 76.9 Å². The van der Waals surface area contributed by atoms with Crippen LogP contribution in [0, 0.1) is 0 Å². The third-order valence-electron chi connectivity index (χ3n) is 8.14. The number of fused-ring (bicyclic) bond motifs is 10. The second-order valence-electron chi connectivity index (χ2n) is 10.3. The molecule has 0 atom stereocenters. The molecule has 0 saturated heterocycles. The molecule has 0 fully saturated rings. The van der Waals surface area contributed by atoms with Crippen molar-refractivity contribution < 1.29 is 0 Å². The second-order valence-corrected chi connectivity index (χ2v) is 10.3. The van der Waals surface area contributed by atoms with Gasteiger partial charge in [0.05, 0.1) is 27.6 Å². The zero-order valence-electron chi connectivity index (χ0n) is 21.5. The Morgan fingerprint density at radius 3 is 2.05 bits per heavy atom. The van der Waals surface area contributed by atoms with Crippen molar-refractivity contribution in [2.75, 3.05) is 0 Å². The molecule has 0 radical (unpaired) electrons. The highest BCUT2D eigenvalue weighted by Gasteiger charge is 2.22. The molecule has 40 heavy (non-hydrogen) atoms. The van der Waals surface area contributed by atoms with E-state index in [0.717, 1.165) is 27.6 Å². The Balaban J connectivity index is 1.52. The van der Waals surface area contributed by atoms with E-state index in [9.17, 15) is 0 Å². The fraction of sp³-hybridized carbons (Fsp3) is 0. The number of hydrogen-bond donors (Lipinski definition) is 0. The minimum absolute atomic E-state index is 0.678. The molecule has 0 N–H and O–H groups in total. The lowest BCUT2D eigenvalue weighted by Gasteiger charge is -2.09. The van der Waals surface area contributed by atoms with Gasteiger partial charge in [0.25, 0.3) is 0 Å². The Bertz CT molecular complexity index is 2430. The van der Waals surface area contributed by atoms with E-state index in [1.165, 1.54) is 43.4 Å². The summed E-state index contributed by atoms with van der Waals surface area (Å²) in [5, 5.41) is 8.45. The van der Waals surface area contributed by atoms with Crippen molar-refractivity contribution in [1.29, 1.82) is 0 Å². The Kier molecular flexibility index (Phi) is 4.30. The first-order valence-corrected chi connectivity index (χ1v) is 13.5. The lowest BCUT2D eigenvalue weighted by atomic mass is 10.0. The van der Waals surface area contributed by atoms with Gasteiger partial charge in [0.15, 0.2) is 0 Å². The molecule has 186 valence electrons. The van der Waals surface area contributed by atoms with Crippen molar-refractivity contribution in [1.82, 2.24) is 19.1 Å². The number of para-hydroxylation sites is 3. The monoisotopic (exact) mass is 510 g/mol. The van der Waals surface area contributed by atoms with E-state index in [2.05, 4.69) is 118 Å². The standard InChI is InChI=1S/C36H22N4/c1-2-12-25(13-3-1)39-31-20-18-23-10-4-6-14-26(23)33(31)28-19-21-32-34(35(28)39)27-15-7-9-17-30(27)40(32)36-37-22-24-11-5-8-16-29(24)38-36/h1-22H. The van der Waals surface area contributed by atoms with E-state index in [1.807, 2.05) is 24.4 Å². The molecule has 0 aliphatic rings. The Labute approximate surface area is 229 Å². The molecule has 3 aromatic heterocycles. The predicted octanol–water partition coefficient (Wildman–Crippen LogP) is 8.98. The van der Waals surface area contributed by atoms with Crippen LogP contribution in [0.15, 0.2) is 134 Å². The quantitative estimate of drug-likeness (QED) is 0.233. The summed E-state index contributed by atoms with van der Waals surface area (Å²) in [4.78, 5) is 9.85. The van der Waals surface area contributed by atoms with Gasteiger partial charge in [0.1, 0.15) is 0 Å². The minimum Gasteiger partial charge on any atom is -0.309 e. The Morgan fingerprint density at radius 1 is 0.450 bits per heavy atom. The maximum Gasteiger partial charge on any atom is 0.235 e. The van der Waals surface area contributed by atoms with Crippen LogP contribution >= 0.6 is 0 Å². The number of rotatable bonds is 2. The minimum atomic E-state index is 0.678. The Morgan fingerprint density at radius 2 is 1.15 bits per heavy atom. The summed E-state index contributed by atoms with van der Waals surface area (Å²) in [6.45, 7) is 0. The summed E-state index contributed by atoms with van der Waals surface area (Å²) in [6, 6.07) is 45.1. The molecule has 3 heterocycles. The average Bonchev–Trinajstić information content (AvgIpc) is 3.54. The number of aromatic nitrogens is 4. The van der Waals surface area contributed by atoms with Crippen molar-refractivity contribution in [2.24, 2.45) is 0 Å². The van der Waals surface area contributed by atoms with Crippen molar-refractivity contribution in [3.8, 4) is 11.6 Å². The maximum absolute atomic E-state index is 5.01. The van der Waals surface area contributed by atoms with Gasteiger partial charge in [0, 0.05) is 38.8 Å². The van der Waals surface area contributed by atoms with Gasteiger partial charge in [0.2, 0.25) is 5.95 Å². The number of benzene rings is 6. The molecule has 0 aliphatic carbocycles. The van der Waals surface area contributed by atoms with E-state index >= 15 is 0 Å². The summed E-state index contributed by atoms with van der Waals surface area (Å²) < 4.78 is 4.64. The van der Waals surface area contributed by atoms with Gasteiger partial charge >= 0.3 is 0 Å². The zero-order valence-corrected chi connectivity index (χ0v) is 21.5. The zero-order chi connectivity index (χ0) is 26.2. The molecule has 0 bridgehead atoms. The van der Waals surface area contributed by atoms with Crippen LogP contribution in [-0.4, -0.2) is 19.1 Å². The topological polar surface area (TPSA) is 35.6 Å².